The van der Waals surface area contributed by atoms with Crippen LogP contribution in [0.25, 0.3) is 22.0 Å². The number of hydrogen-bond acceptors (Lipinski definition) is 6. The summed E-state index contributed by atoms with van der Waals surface area (Å²) >= 11 is 0. The van der Waals surface area contributed by atoms with Crippen molar-refractivity contribution in [2.75, 3.05) is 11.9 Å². The average molecular weight is 646 g/mol. The fourth-order valence-electron chi connectivity index (χ4n) is 5.53. The number of carboxylic acid groups (broad SMARTS) is 1. The third kappa shape index (κ3) is 7.84. The Morgan fingerprint density at radius 3 is 2.19 bits per heavy atom. The summed E-state index contributed by atoms with van der Waals surface area (Å²) in [6, 6.07) is 30.8. The van der Waals surface area contributed by atoms with E-state index in [0.29, 0.717) is 34.4 Å². The number of ketones is 1. The summed E-state index contributed by atoms with van der Waals surface area (Å²) in [5.41, 5.74) is 0.750. The molecule has 5 rings (SSSR count). The van der Waals surface area contributed by atoms with E-state index in [-0.39, 0.29) is 12.1 Å². The van der Waals surface area contributed by atoms with Crippen LogP contribution >= 0.6 is 0 Å². The number of nitrogens with zero attached hydrogens (tertiary/aromatic N) is 1. The van der Waals surface area contributed by atoms with Gasteiger partial charge in [0.1, 0.15) is 30.1 Å². The highest BCUT2D eigenvalue weighted by molar-refractivity contribution is 6.13. The Morgan fingerprint density at radius 1 is 0.812 bits per heavy atom. The fraction of sp³-hybridized carbons (Fsp3) is 0.184. The van der Waals surface area contributed by atoms with Gasteiger partial charge in [-0.15, -0.1) is 0 Å². The van der Waals surface area contributed by atoms with E-state index in [1.54, 1.807) is 72.8 Å². The summed E-state index contributed by atoms with van der Waals surface area (Å²) in [5.74, 6) is -2.73. The van der Waals surface area contributed by atoms with Gasteiger partial charge in [-0.2, -0.15) is 0 Å². The van der Waals surface area contributed by atoms with Crippen LogP contribution in [0.5, 0.6) is 5.75 Å². The molecule has 0 aliphatic heterocycles. The molecule has 48 heavy (non-hydrogen) atoms. The molecule has 2 amide bonds. The number of carboxylic acids is 1. The lowest BCUT2D eigenvalue weighted by Crippen LogP contribution is -2.48. The van der Waals surface area contributed by atoms with E-state index in [0.717, 1.165) is 5.39 Å². The number of anilines is 1. The van der Waals surface area contributed by atoms with Gasteiger partial charge in [0.2, 0.25) is 5.91 Å². The predicted molar refractivity (Wildman–Crippen MR) is 183 cm³/mol. The molecule has 3 N–H and O–H groups in total. The lowest BCUT2D eigenvalue weighted by atomic mass is 10.0. The number of fused-ring (bicyclic) bond motifs is 1. The zero-order chi connectivity index (χ0) is 34.0. The van der Waals surface area contributed by atoms with Gasteiger partial charge in [-0.25, -0.2) is 0 Å². The number of nitrogens with one attached hydrogen (secondary N) is 2. The molecule has 1 heterocycles. The number of hydrogen-bond donors (Lipinski definition) is 3. The first kappa shape index (κ1) is 33.3. The topological polar surface area (TPSA) is 144 Å². The Balaban J connectivity index is 1.50. The molecule has 10 nitrogen and oxygen atoms in total. The highest BCUT2D eigenvalue weighted by Crippen LogP contribution is 2.26. The molecule has 0 saturated heterocycles. The second-order valence-corrected chi connectivity index (χ2v) is 11.2. The van der Waals surface area contributed by atoms with Gasteiger partial charge in [-0.3, -0.25) is 28.5 Å². The van der Waals surface area contributed by atoms with Crippen LogP contribution in [0.3, 0.4) is 0 Å². The molecule has 1 aromatic heterocycles. The van der Waals surface area contributed by atoms with Gasteiger partial charge in [0.25, 0.3) is 11.5 Å². The van der Waals surface area contributed by atoms with Crippen molar-refractivity contribution in [3.8, 4) is 17.0 Å². The number of Topliss-reactive ketones (excluding diaryl/α,β-unsaturated/α-hetero) is 1. The van der Waals surface area contributed by atoms with Crippen LogP contribution in [-0.2, 0) is 14.4 Å². The minimum absolute atomic E-state index is 0.0454. The lowest BCUT2D eigenvalue weighted by molar-refractivity contribution is -0.140. The monoisotopic (exact) mass is 645 g/mol. The molecular weight excluding hydrogens is 610 g/mol. The van der Waals surface area contributed by atoms with Gasteiger partial charge in [0, 0.05) is 5.56 Å². The van der Waals surface area contributed by atoms with E-state index in [1.807, 2.05) is 43.3 Å². The molecule has 0 bridgehead atoms. The molecule has 0 aliphatic rings. The minimum atomic E-state index is -1.41. The van der Waals surface area contributed by atoms with E-state index < -0.39 is 54.2 Å². The van der Waals surface area contributed by atoms with Gasteiger partial charge in [0.15, 0.2) is 5.78 Å². The highest BCUT2D eigenvalue weighted by atomic mass is 16.5. The van der Waals surface area contributed by atoms with Crippen LogP contribution in [0.1, 0.15) is 42.6 Å². The normalized spacial score (nSPS) is 12.1. The molecule has 2 atom stereocenters. The number of aromatic nitrogens is 1. The predicted octanol–water partition coefficient (Wildman–Crippen LogP) is 5.87. The Hall–Kier alpha value is -6.03. The van der Waals surface area contributed by atoms with Gasteiger partial charge in [0.05, 0.1) is 12.1 Å². The van der Waals surface area contributed by atoms with Crippen molar-refractivity contribution in [3.63, 3.8) is 0 Å². The first-order valence-corrected chi connectivity index (χ1v) is 15.6. The maximum atomic E-state index is 14.3. The average Bonchev–Trinajstić information content (AvgIpc) is 3.10. The van der Waals surface area contributed by atoms with E-state index in [4.69, 9.17) is 4.74 Å². The first-order valence-electron chi connectivity index (χ1n) is 15.6. The molecule has 0 spiro atoms. The summed E-state index contributed by atoms with van der Waals surface area (Å²) in [6.45, 7) is 1.37. The van der Waals surface area contributed by atoms with Crippen LogP contribution < -0.4 is 20.9 Å². The lowest BCUT2D eigenvalue weighted by Gasteiger charge is -2.25. The van der Waals surface area contributed by atoms with Gasteiger partial charge < -0.3 is 20.5 Å². The molecule has 0 saturated carbocycles. The van der Waals surface area contributed by atoms with Crippen molar-refractivity contribution in [2.24, 2.45) is 0 Å². The van der Waals surface area contributed by atoms with Crippen molar-refractivity contribution in [1.29, 1.82) is 0 Å². The minimum Gasteiger partial charge on any atom is -0.486 e. The molecule has 0 fully saturated rings. The molecule has 244 valence electrons. The summed E-state index contributed by atoms with van der Waals surface area (Å²) < 4.78 is 6.83. The summed E-state index contributed by atoms with van der Waals surface area (Å²) in [4.78, 5) is 66.7. The van der Waals surface area contributed by atoms with E-state index in [1.165, 1.54) is 10.6 Å². The van der Waals surface area contributed by atoms with E-state index in [9.17, 15) is 29.1 Å². The Labute approximate surface area is 277 Å². The van der Waals surface area contributed by atoms with Crippen molar-refractivity contribution in [3.05, 3.63) is 131 Å². The number of benzene rings is 4. The number of rotatable bonds is 14. The van der Waals surface area contributed by atoms with Crippen molar-refractivity contribution >= 4 is 40.0 Å². The summed E-state index contributed by atoms with van der Waals surface area (Å²) in [5, 5.41) is 16.5. The third-order valence-electron chi connectivity index (χ3n) is 7.85. The quantitative estimate of drug-likeness (QED) is 0.137. The van der Waals surface area contributed by atoms with Crippen LogP contribution in [0.15, 0.2) is 120 Å². The zero-order valence-electron chi connectivity index (χ0n) is 26.3. The SMILES string of the molecule is CCCC(C(=O)N[C@@H](CC(=O)O)C(=O)COc1ccccc1)n1c(-c2ccccc2)ccc(NC(=O)c2cccc3ccccc23)c1=O. The van der Waals surface area contributed by atoms with Crippen molar-refractivity contribution in [1.82, 2.24) is 9.88 Å². The van der Waals surface area contributed by atoms with Gasteiger partial charge in [-0.1, -0.05) is 98.3 Å². The molecule has 4 aromatic carbocycles. The van der Waals surface area contributed by atoms with E-state index >= 15 is 0 Å². The van der Waals surface area contributed by atoms with Gasteiger partial charge >= 0.3 is 5.97 Å². The van der Waals surface area contributed by atoms with Crippen molar-refractivity contribution in [2.45, 2.75) is 38.3 Å². The zero-order valence-corrected chi connectivity index (χ0v) is 26.3. The maximum absolute atomic E-state index is 14.3. The standard InChI is InChI=1S/C38H35N3O7/c1-2-12-33(37(46)40-31(23-35(43)44)34(42)24-48-27-17-7-4-8-18-27)41-32(26-14-5-3-6-15-26)22-21-30(38(41)47)39-36(45)29-20-11-16-25-13-9-10-19-28(25)29/h3-11,13-22,31,33H,2,12,23-24H2,1H3,(H,39,45)(H,40,46)(H,43,44)/t31-,33?/m0/s1. The largest absolute Gasteiger partial charge is 0.486 e. The van der Waals surface area contributed by atoms with Crippen LogP contribution in [0.2, 0.25) is 0 Å². The molecule has 0 radical (unpaired) electrons. The number of carbonyl (C=O) groups excluding carboxylic acids is 3. The Kier molecular flexibility index (Phi) is 10.8. The molecule has 0 aliphatic carbocycles. The first-order chi connectivity index (χ1) is 23.3. The van der Waals surface area contributed by atoms with Gasteiger partial charge in [-0.05, 0) is 53.1 Å². The number of para-hydroxylation sites is 1. The Bertz CT molecular complexity index is 1990. The number of pyridine rings is 1. The molecular formula is C38H35N3O7. The summed E-state index contributed by atoms with van der Waals surface area (Å²) in [6.07, 6.45) is -0.0239. The Morgan fingerprint density at radius 2 is 1.48 bits per heavy atom. The number of carbonyl (C=O) groups is 4. The second-order valence-electron chi connectivity index (χ2n) is 11.2. The smallest absolute Gasteiger partial charge is 0.305 e. The van der Waals surface area contributed by atoms with Crippen LogP contribution in [-0.4, -0.2) is 45.9 Å². The fourth-order valence-corrected chi connectivity index (χ4v) is 5.53. The molecule has 5 aromatic rings. The van der Waals surface area contributed by atoms with Crippen LogP contribution in [0, 0.1) is 0 Å². The molecule has 1 unspecified atom stereocenters. The van der Waals surface area contributed by atoms with Crippen LogP contribution in [0.4, 0.5) is 5.69 Å². The summed E-state index contributed by atoms with van der Waals surface area (Å²) in [7, 11) is 0. The maximum Gasteiger partial charge on any atom is 0.305 e. The number of aliphatic carboxylic acids is 1. The molecule has 10 heteroatoms. The highest BCUT2D eigenvalue weighted by Gasteiger charge is 2.31. The number of amides is 2. The second kappa shape index (κ2) is 15.5. The third-order valence-corrected chi connectivity index (χ3v) is 7.85. The van der Waals surface area contributed by atoms with Crippen molar-refractivity contribution < 1.29 is 29.0 Å². The van der Waals surface area contributed by atoms with E-state index in [2.05, 4.69) is 10.6 Å². The number of ether oxygens (including phenoxy) is 1.